The lowest BCUT2D eigenvalue weighted by Gasteiger charge is -2.42. The summed E-state index contributed by atoms with van der Waals surface area (Å²) in [6.45, 7) is 7.91. The lowest BCUT2D eigenvalue weighted by molar-refractivity contribution is -0.0734. The highest BCUT2D eigenvalue weighted by atomic mass is 35.5. The van der Waals surface area contributed by atoms with Crippen LogP contribution in [0.5, 0.6) is 0 Å². The van der Waals surface area contributed by atoms with Crippen LogP contribution in [0.3, 0.4) is 0 Å². The Balaban J connectivity index is 2.15. The summed E-state index contributed by atoms with van der Waals surface area (Å²) in [7, 11) is 0. The van der Waals surface area contributed by atoms with Gasteiger partial charge in [0.05, 0.1) is 23.3 Å². The molecule has 1 fully saturated rings. The second kappa shape index (κ2) is 4.51. The van der Waals surface area contributed by atoms with Gasteiger partial charge in [0, 0.05) is 18.5 Å². The van der Waals surface area contributed by atoms with E-state index in [1.54, 1.807) is 11.3 Å². The fraction of sp³-hybridized carbons (Fsp3) is 0.727. The molecule has 0 radical (unpaired) electrons. The number of halogens is 1. The maximum Gasteiger partial charge on any atom is 0.185 e. The Morgan fingerprint density at radius 1 is 1.69 bits per heavy atom. The van der Waals surface area contributed by atoms with Gasteiger partial charge in [-0.1, -0.05) is 0 Å². The Labute approximate surface area is 105 Å². The molecular formula is C11H17ClN2OS. The molecule has 16 heavy (non-hydrogen) atoms. The van der Waals surface area contributed by atoms with Crippen LogP contribution < -0.4 is 4.90 Å². The fourth-order valence-electron chi connectivity index (χ4n) is 2.01. The Kier molecular flexibility index (Phi) is 3.42. The Morgan fingerprint density at radius 3 is 3.00 bits per heavy atom. The first-order valence-electron chi connectivity index (χ1n) is 5.41. The lowest BCUT2D eigenvalue weighted by Crippen LogP contribution is -2.53. The van der Waals surface area contributed by atoms with Crippen LogP contribution in [0, 0.1) is 6.92 Å². The normalized spacial score (nSPS) is 24.8. The number of thiazole rings is 1. The number of rotatable bonds is 2. The molecule has 1 aliphatic rings. The van der Waals surface area contributed by atoms with Crippen LogP contribution in [0.1, 0.15) is 19.5 Å². The van der Waals surface area contributed by atoms with E-state index in [1.807, 2.05) is 6.92 Å². The van der Waals surface area contributed by atoms with Crippen molar-refractivity contribution >= 4 is 28.1 Å². The predicted molar refractivity (Wildman–Crippen MR) is 68.7 cm³/mol. The summed E-state index contributed by atoms with van der Waals surface area (Å²) in [5, 5.41) is 3.15. The number of aromatic nitrogens is 1. The monoisotopic (exact) mass is 260 g/mol. The molecule has 90 valence electrons. The number of aryl methyl sites for hydroxylation is 1. The zero-order valence-electron chi connectivity index (χ0n) is 9.86. The van der Waals surface area contributed by atoms with Gasteiger partial charge in [-0.3, -0.25) is 0 Å². The number of alkyl halides is 1. The third kappa shape index (κ3) is 2.67. The molecule has 5 heteroatoms. The Hall–Kier alpha value is -0.320. The molecular weight excluding hydrogens is 244 g/mol. The molecule has 3 nitrogen and oxygen atoms in total. The van der Waals surface area contributed by atoms with Crippen molar-refractivity contribution in [3.05, 3.63) is 11.1 Å². The molecule has 1 aromatic heterocycles. The van der Waals surface area contributed by atoms with E-state index < -0.39 is 0 Å². The topological polar surface area (TPSA) is 25.4 Å². The van der Waals surface area contributed by atoms with E-state index in [2.05, 4.69) is 29.1 Å². The van der Waals surface area contributed by atoms with Crippen molar-refractivity contribution in [2.45, 2.75) is 32.5 Å². The van der Waals surface area contributed by atoms with E-state index in [0.717, 1.165) is 23.9 Å². The van der Waals surface area contributed by atoms with Crippen LogP contribution >= 0.6 is 22.9 Å². The standard InChI is InChI=1S/C11H17ClN2OS/c1-8-6-16-10(13-8)14-5-9(4-12)15-11(2,3)7-14/h6,9H,4-5,7H2,1-3H3. The number of ether oxygens (including phenoxy) is 1. The fourth-order valence-corrected chi connectivity index (χ4v) is 2.98. The highest BCUT2D eigenvalue weighted by Gasteiger charge is 2.33. The number of anilines is 1. The van der Waals surface area contributed by atoms with Gasteiger partial charge in [-0.15, -0.1) is 22.9 Å². The molecule has 1 aliphatic heterocycles. The molecule has 0 amide bonds. The van der Waals surface area contributed by atoms with Gasteiger partial charge in [-0.05, 0) is 20.8 Å². The minimum atomic E-state index is -0.155. The summed E-state index contributed by atoms with van der Waals surface area (Å²) < 4.78 is 5.88. The first-order valence-corrected chi connectivity index (χ1v) is 6.82. The van der Waals surface area contributed by atoms with Gasteiger partial charge < -0.3 is 9.64 Å². The molecule has 1 saturated heterocycles. The minimum Gasteiger partial charge on any atom is -0.367 e. The zero-order chi connectivity index (χ0) is 11.8. The molecule has 1 unspecified atom stereocenters. The number of hydrogen-bond acceptors (Lipinski definition) is 4. The quantitative estimate of drug-likeness (QED) is 0.765. The van der Waals surface area contributed by atoms with Crippen molar-refractivity contribution in [2.24, 2.45) is 0 Å². The molecule has 2 heterocycles. The largest absolute Gasteiger partial charge is 0.367 e. The molecule has 1 aromatic rings. The van der Waals surface area contributed by atoms with Gasteiger partial charge in [0.15, 0.2) is 5.13 Å². The third-order valence-electron chi connectivity index (χ3n) is 2.53. The van der Waals surface area contributed by atoms with E-state index in [4.69, 9.17) is 16.3 Å². The summed E-state index contributed by atoms with van der Waals surface area (Å²) in [6, 6.07) is 0. The van der Waals surface area contributed by atoms with Crippen LogP contribution in [0.25, 0.3) is 0 Å². The first-order chi connectivity index (χ1) is 7.50. The van der Waals surface area contributed by atoms with E-state index in [0.29, 0.717) is 5.88 Å². The molecule has 0 aliphatic carbocycles. The van der Waals surface area contributed by atoms with Crippen LogP contribution in [-0.4, -0.2) is 35.7 Å². The number of hydrogen-bond donors (Lipinski definition) is 0. The minimum absolute atomic E-state index is 0.0922. The van der Waals surface area contributed by atoms with E-state index in [-0.39, 0.29) is 11.7 Å². The van der Waals surface area contributed by atoms with E-state index in [1.165, 1.54) is 0 Å². The maximum atomic E-state index is 5.90. The van der Waals surface area contributed by atoms with Gasteiger partial charge in [0.25, 0.3) is 0 Å². The number of morpholine rings is 1. The zero-order valence-corrected chi connectivity index (χ0v) is 11.4. The van der Waals surface area contributed by atoms with Gasteiger partial charge in [-0.2, -0.15) is 0 Å². The predicted octanol–water partition coefficient (Wildman–Crippen LogP) is 2.67. The lowest BCUT2D eigenvalue weighted by atomic mass is 10.1. The van der Waals surface area contributed by atoms with E-state index >= 15 is 0 Å². The average molecular weight is 261 g/mol. The van der Waals surface area contributed by atoms with Crippen LogP contribution in [-0.2, 0) is 4.74 Å². The molecule has 2 rings (SSSR count). The maximum absolute atomic E-state index is 5.90. The SMILES string of the molecule is Cc1csc(N2CC(CCl)OC(C)(C)C2)n1. The van der Waals surface area contributed by atoms with Crippen molar-refractivity contribution in [3.63, 3.8) is 0 Å². The van der Waals surface area contributed by atoms with Gasteiger partial charge in [0.1, 0.15) is 0 Å². The Bertz CT molecular complexity index is 367. The van der Waals surface area contributed by atoms with Crippen molar-refractivity contribution in [2.75, 3.05) is 23.9 Å². The van der Waals surface area contributed by atoms with Crippen molar-refractivity contribution < 1.29 is 4.74 Å². The summed E-state index contributed by atoms with van der Waals surface area (Å²) in [5.41, 5.74) is 0.920. The van der Waals surface area contributed by atoms with Gasteiger partial charge in [0.2, 0.25) is 0 Å². The number of nitrogens with zero attached hydrogens (tertiary/aromatic N) is 2. The molecule has 0 N–H and O–H groups in total. The van der Waals surface area contributed by atoms with Crippen LogP contribution in [0.15, 0.2) is 5.38 Å². The molecule has 1 atom stereocenters. The van der Waals surface area contributed by atoms with Crippen molar-refractivity contribution in [3.8, 4) is 0 Å². The third-order valence-corrected chi connectivity index (χ3v) is 3.89. The summed E-state index contributed by atoms with van der Waals surface area (Å²) in [4.78, 5) is 6.79. The first kappa shape index (κ1) is 12.1. The second-order valence-corrected chi connectivity index (χ2v) is 5.95. The molecule has 0 bridgehead atoms. The van der Waals surface area contributed by atoms with Crippen molar-refractivity contribution in [1.82, 2.24) is 4.98 Å². The van der Waals surface area contributed by atoms with Crippen molar-refractivity contribution in [1.29, 1.82) is 0 Å². The highest BCUT2D eigenvalue weighted by molar-refractivity contribution is 7.13. The summed E-state index contributed by atoms with van der Waals surface area (Å²) >= 11 is 7.58. The summed E-state index contributed by atoms with van der Waals surface area (Å²) in [6.07, 6.45) is 0.0922. The van der Waals surface area contributed by atoms with Gasteiger partial charge in [-0.25, -0.2) is 4.98 Å². The van der Waals surface area contributed by atoms with Gasteiger partial charge >= 0.3 is 0 Å². The van der Waals surface area contributed by atoms with Crippen LogP contribution in [0.2, 0.25) is 0 Å². The summed E-state index contributed by atoms with van der Waals surface area (Å²) in [5.74, 6) is 0.532. The molecule has 0 saturated carbocycles. The van der Waals surface area contributed by atoms with Crippen LogP contribution in [0.4, 0.5) is 5.13 Å². The molecule has 0 spiro atoms. The smallest absolute Gasteiger partial charge is 0.185 e. The van der Waals surface area contributed by atoms with E-state index in [9.17, 15) is 0 Å². The Morgan fingerprint density at radius 2 is 2.44 bits per heavy atom. The highest BCUT2D eigenvalue weighted by Crippen LogP contribution is 2.28. The molecule has 0 aromatic carbocycles. The second-order valence-electron chi connectivity index (χ2n) is 4.81. The average Bonchev–Trinajstić information content (AvgIpc) is 2.62.